The number of ether oxygens (including phenoxy) is 1. The largest absolute Gasteiger partial charge is 0.497 e. The van der Waals surface area contributed by atoms with E-state index in [2.05, 4.69) is 4.84 Å². The average molecular weight is 289 g/mol. The second-order valence-electron chi connectivity index (χ2n) is 3.31. The van der Waals surface area contributed by atoms with E-state index in [1.165, 1.54) is 36.3 Å². The lowest BCUT2D eigenvalue weighted by molar-refractivity contribution is -0.153. The minimum absolute atomic E-state index is 0.156. The molecule has 0 heterocycles. The summed E-state index contributed by atoms with van der Waals surface area (Å²) in [5, 5.41) is 8.30. The molecule has 8 nitrogen and oxygen atoms in total. The molecule has 2 N–H and O–H groups in total. The van der Waals surface area contributed by atoms with Crippen molar-refractivity contribution in [1.29, 1.82) is 0 Å². The molecule has 1 aromatic rings. The Bertz CT molecular complexity index is 564. The van der Waals surface area contributed by atoms with Gasteiger partial charge in [-0.25, -0.2) is 13.2 Å². The van der Waals surface area contributed by atoms with Gasteiger partial charge in [0.25, 0.3) is 10.0 Å². The number of hydrogen-bond acceptors (Lipinski definition) is 6. The third kappa shape index (κ3) is 4.56. The molecule has 1 rings (SSSR count). The molecule has 0 spiro atoms. The quantitative estimate of drug-likeness (QED) is 0.554. The summed E-state index contributed by atoms with van der Waals surface area (Å²) >= 11 is 0. The molecule has 19 heavy (non-hydrogen) atoms. The highest BCUT2D eigenvalue weighted by atomic mass is 32.2. The number of aliphatic carboxylic acids is 1. The number of methoxy groups -OCH3 is 1. The molecule has 104 valence electrons. The van der Waals surface area contributed by atoms with Crippen molar-refractivity contribution in [1.82, 2.24) is 4.89 Å². The zero-order chi connectivity index (χ0) is 14.5. The zero-order valence-corrected chi connectivity index (χ0v) is 10.6. The van der Waals surface area contributed by atoms with Crippen molar-refractivity contribution in [3.05, 3.63) is 24.3 Å². The predicted octanol–water partition coefficient (Wildman–Crippen LogP) is -0.0936. The van der Waals surface area contributed by atoms with Gasteiger partial charge in [0.2, 0.25) is 0 Å². The summed E-state index contributed by atoms with van der Waals surface area (Å²) in [6.07, 6.45) is -0.939. The molecule has 0 atom stereocenters. The number of carbonyl (C=O) groups is 2. The molecule has 0 radical (unpaired) electrons. The van der Waals surface area contributed by atoms with Crippen molar-refractivity contribution in [3.63, 3.8) is 0 Å². The molecular formula is C10H11NO7S. The lowest BCUT2D eigenvalue weighted by atomic mass is 10.3. The van der Waals surface area contributed by atoms with Crippen LogP contribution in [0.25, 0.3) is 0 Å². The predicted molar refractivity (Wildman–Crippen MR) is 61.7 cm³/mol. The lowest BCUT2D eigenvalue weighted by Gasteiger charge is -2.06. The second-order valence-corrected chi connectivity index (χ2v) is 4.95. The summed E-state index contributed by atoms with van der Waals surface area (Å²) in [4.78, 5) is 26.6. The Balaban J connectivity index is 2.70. The first-order chi connectivity index (χ1) is 8.85. The van der Waals surface area contributed by atoms with E-state index < -0.39 is 28.4 Å². The van der Waals surface area contributed by atoms with E-state index in [1.807, 2.05) is 0 Å². The standard InChI is InChI=1S/C10H11NO7S/c1-17-7-2-4-8(5-3-7)19(15,16)11-18-10(14)6-9(12)13/h2-5,11H,6H2,1H3,(H,12,13). The van der Waals surface area contributed by atoms with Gasteiger partial charge in [-0.05, 0) is 29.2 Å². The number of carboxylic acid groups (broad SMARTS) is 1. The summed E-state index contributed by atoms with van der Waals surface area (Å²) in [6, 6.07) is 5.31. The Morgan fingerprint density at radius 2 is 1.84 bits per heavy atom. The van der Waals surface area contributed by atoms with Crippen LogP contribution in [0.3, 0.4) is 0 Å². The van der Waals surface area contributed by atoms with Gasteiger partial charge in [-0.15, -0.1) is 0 Å². The van der Waals surface area contributed by atoms with E-state index in [1.54, 1.807) is 0 Å². The molecule has 0 saturated carbocycles. The fourth-order valence-corrected chi connectivity index (χ4v) is 1.86. The van der Waals surface area contributed by atoms with Crippen LogP contribution < -0.4 is 9.62 Å². The maximum atomic E-state index is 11.6. The molecule has 0 unspecified atom stereocenters. The van der Waals surface area contributed by atoms with Gasteiger partial charge in [0.05, 0.1) is 12.0 Å². The smallest absolute Gasteiger partial charge is 0.337 e. The van der Waals surface area contributed by atoms with Crippen molar-refractivity contribution in [2.24, 2.45) is 0 Å². The van der Waals surface area contributed by atoms with Crippen LogP contribution in [-0.2, 0) is 24.4 Å². The molecule has 0 aliphatic heterocycles. The molecule has 0 aromatic heterocycles. The Kier molecular flexibility index (Phi) is 4.84. The molecular weight excluding hydrogens is 278 g/mol. The Labute approximate surface area is 109 Å². The van der Waals surface area contributed by atoms with Crippen LogP contribution in [-0.4, -0.2) is 32.6 Å². The maximum absolute atomic E-state index is 11.6. The summed E-state index contributed by atoms with van der Waals surface area (Å²) in [6.45, 7) is 0. The fourth-order valence-electron chi connectivity index (χ4n) is 1.06. The fraction of sp³-hybridized carbons (Fsp3) is 0.200. The highest BCUT2D eigenvalue weighted by Gasteiger charge is 2.18. The maximum Gasteiger partial charge on any atom is 0.337 e. The molecule has 0 amide bonds. The highest BCUT2D eigenvalue weighted by Crippen LogP contribution is 2.15. The van der Waals surface area contributed by atoms with E-state index in [0.717, 1.165) is 0 Å². The number of sulfonamides is 1. The molecule has 0 aliphatic rings. The normalized spacial score (nSPS) is 10.8. The first-order valence-electron chi connectivity index (χ1n) is 4.92. The molecule has 1 aromatic carbocycles. The van der Waals surface area contributed by atoms with Crippen LogP contribution in [0.2, 0.25) is 0 Å². The van der Waals surface area contributed by atoms with E-state index in [9.17, 15) is 18.0 Å². The van der Waals surface area contributed by atoms with Gasteiger partial charge in [-0.1, -0.05) is 0 Å². The van der Waals surface area contributed by atoms with E-state index in [-0.39, 0.29) is 4.90 Å². The molecule has 0 saturated heterocycles. The molecule has 0 aliphatic carbocycles. The number of nitrogens with one attached hydrogen (secondary N) is 1. The molecule has 0 bridgehead atoms. The van der Waals surface area contributed by atoms with Crippen LogP contribution in [0.5, 0.6) is 5.75 Å². The van der Waals surface area contributed by atoms with Gasteiger partial charge < -0.3 is 14.7 Å². The number of carbonyl (C=O) groups excluding carboxylic acids is 1. The van der Waals surface area contributed by atoms with E-state index in [4.69, 9.17) is 9.84 Å². The van der Waals surface area contributed by atoms with E-state index in [0.29, 0.717) is 5.75 Å². The van der Waals surface area contributed by atoms with Crippen LogP contribution in [0.1, 0.15) is 6.42 Å². The Morgan fingerprint density at radius 3 is 2.32 bits per heavy atom. The Hall–Kier alpha value is -2.13. The number of carboxylic acids is 1. The SMILES string of the molecule is COc1ccc(S(=O)(=O)NOC(=O)CC(=O)O)cc1. The third-order valence-corrected chi connectivity index (χ3v) is 3.13. The number of hydrogen-bond donors (Lipinski definition) is 2. The van der Waals surface area contributed by atoms with Crippen molar-refractivity contribution < 1.29 is 32.7 Å². The summed E-state index contributed by atoms with van der Waals surface area (Å²) in [7, 11) is -2.63. The van der Waals surface area contributed by atoms with Crippen molar-refractivity contribution in [3.8, 4) is 5.75 Å². The number of benzene rings is 1. The van der Waals surface area contributed by atoms with Crippen LogP contribution in [0.15, 0.2) is 29.2 Å². The van der Waals surface area contributed by atoms with Crippen LogP contribution >= 0.6 is 0 Å². The van der Waals surface area contributed by atoms with Gasteiger partial charge in [0.15, 0.2) is 0 Å². The summed E-state index contributed by atoms with van der Waals surface area (Å²) in [5.74, 6) is -2.18. The van der Waals surface area contributed by atoms with Gasteiger partial charge in [-0.2, -0.15) is 0 Å². The van der Waals surface area contributed by atoms with Crippen molar-refractivity contribution in [2.75, 3.05) is 7.11 Å². The first kappa shape index (κ1) is 14.9. The molecule has 9 heteroatoms. The summed E-state index contributed by atoms with van der Waals surface area (Å²) in [5.41, 5.74) is 0. The average Bonchev–Trinajstić information content (AvgIpc) is 2.36. The number of rotatable bonds is 6. The zero-order valence-electron chi connectivity index (χ0n) is 9.82. The minimum Gasteiger partial charge on any atom is -0.497 e. The monoisotopic (exact) mass is 289 g/mol. The Morgan fingerprint density at radius 1 is 1.26 bits per heavy atom. The first-order valence-corrected chi connectivity index (χ1v) is 6.41. The van der Waals surface area contributed by atoms with Crippen molar-refractivity contribution >= 4 is 22.0 Å². The molecule has 0 fully saturated rings. The lowest BCUT2D eigenvalue weighted by Crippen LogP contribution is -2.28. The van der Waals surface area contributed by atoms with Crippen LogP contribution in [0.4, 0.5) is 0 Å². The topological polar surface area (TPSA) is 119 Å². The third-order valence-electron chi connectivity index (χ3n) is 1.93. The second kappa shape index (κ2) is 6.16. The summed E-state index contributed by atoms with van der Waals surface area (Å²) < 4.78 is 28.1. The minimum atomic E-state index is -4.06. The van der Waals surface area contributed by atoms with Crippen LogP contribution in [0, 0.1) is 0 Å². The van der Waals surface area contributed by atoms with Gasteiger partial charge in [0, 0.05) is 0 Å². The van der Waals surface area contributed by atoms with Gasteiger partial charge >= 0.3 is 11.9 Å². The highest BCUT2D eigenvalue weighted by molar-refractivity contribution is 7.89. The van der Waals surface area contributed by atoms with E-state index >= 15 is 0 Å². The van der Waals surface area contributed by atoms with Crippen molar-refractivity contribution in [2.45, 2.75) is 11.3 Å². The van der Waals surface area contributed by atoms with Gasteiger partial charge in [0.1, 0.15) is 12.2 Å². The van der Waals surface area contributed by atoms with Gasteiger partial charge in [-0.3, -0.25) is 4.79 Å².